The largest absolute Gasteiger partial charge is 0.481 e. The molecule has 0 aliphatic heterocycles. The van der Waals surface area contributed by atoms with E-state index in [1.54, 1.807) is 14.0 Å². The molecule has 0 heterocycles. The number of carboxylic acids is 1. The molecule has 2 atom stereocenters. The zero-order valence-corrected chi connectivity index (χ0v) is 10.2. The summed E-state index contributed by atoms with van der Waals surface area (Å²) in [4.78, 5) is 22.0. The van der Waals surface area contributed by atoms with E-state index in [4.69, 9.17) is 9.84 Å². The number of carbonyl (C=O) groups excluding carboxylic acids is 1. The Kier molecular flexibility index (Phi) is 7.54. The molecule has 5 heteroatoms. The third-order valence-electron chi connectivity index (χ3n) is 2.57. The van der Waals surface area contributed by atoms with E-state index in [0.29, 0.717) is 19.3 Å². The van der Waals surface area contributed by atoms with Crippen LogP contribution in [0.4, 0.5) is 0 Å². The Morgan fingerprint density at radius 3 is 2.50 bits per heavy atom. The van der Waals surface area contributed by atoms with Gasteiger partial charge in [0, 0.05) is 20.1 Å². The van der Waals surface area contributed by atoms with Crippen molar-refractivity contribution in [1.82, 2.24) is 5.32 Å². The summed E-state index contributed by atoms with van der Waals surface area (Å²) in [5.41, 5.74) is 0. The monoisotopic (exact) mass is 231 g/mol. The van der Waals surface area contributed by atoms with Gasteiger partial charge in [-0.05, 0) is 19.8 Å². The summed E-state index contributed by atoms with van der Waals surface area (Å²) in [7, 11) is 1.60. The minimum Gasteiger partial charge on any atom is -0.481 e. The summed E-state index contributed by atoms with van der Waals surface area (Å²) in [6.45, 7) is 3.88. The molecule has 0 saturated carbocycles. The van der Waals surface area contributed by atoms with E-state index >= 15 is 0 Å². The maximum Gasteiger partial charge on any atom is 0.308 e. The molecule has 94 valence electrons. The highest BCUT2D eigenvalue weighted by molar-refractivity contribution is 5.77. The van der Waals surface area contributed by atoms with Gasteiger partial charge in [-0.25, -0.2) is 0 Å². The lowest BCUT2D eigenvalue weighted by Gasteiger charge is -2.12. The van der Waals surface area contributed by atoms with Gasteiger partial charge in [0.2, 0.25) is 5.91 Å². The van der Waals surface area contributed by atoms with Gasteiger partial charge in [-0.15, -0.1) is 0 Å². The van der Waals surface area contributed by atoms with Crippen LogP contribution < -0.4 is 5.32 Å². The Hall–Kier alpha value is -1.10. The number of methoxy groups -OCH3 is 1. The van der Waals surface area contributed by atoms with Gasteiger partial charge in [-0.1, -0.05) is 6.92 Å². The minimum atomic E-state index is -0.868. The first-order chi connectivity index (χ1) is 7.51. The van der Waals surface area contributed by atoms with E-state index in [1.807, 2.05) is 6.92 Å². The van der Waals surface area contributed by atoms with Crippen molar-refractivity contribution in [1.29, 1.82) is 0 Å². The van der Waals surface area contributed by atoms with Crippen molar-refractivity contribution in [2.24, 2.45) is 5.92 Å². The van der Waals surface area contributed by atoms with Crippen LogP contribution in [0.15, 0.2) is 0 Å². The summed E-state index contributed by atoms with van der Waals surface area (Å²) < 4.78 is 5.01. The number of rotatable bonds is 8. The van der Waals surface area contributed by atoms with Crippen molar-refractivity contribution in [3.8, 4) is 0 Å². The van der Waals surface area contributed by atoms with Crippen molar-refractivity contribution in [2.45, 2.75) is 39.2 Å². The van der Waals surface area contributed by atoms with Crippen molar-refractivity contribution in [3.05, 3.63) is 0 Å². The maximum atomic E-state index is 11.3. The summed E-state index contributed by atoms with van der Waals surface area (Å²) in [5, 5.41) is 11.4. The highest BCUT2D eigenvalue weighted by Crippen LogP contribution is 2.02. The van der Waals surface area contributed by atoms with Crippen molar-refractivity contribution >= 4 is 11.9 Å². The van der Waals surface area contributed by atoms with Crippen LogP contribution in [-0.2, 0) is 14.3 Å². The van der Waals surface area contributed by atoms with Crippen molar-refractivity contribution < 1.29 is 19.4 Å². The molecule has 5 nitrogen and oxygen atoms in total. The van der Waals surface area contributed by atoms with E-state index < -0.39 is 11.9 Å². The average molecular weight is 231 g/mol. The molecule has 0 rings (SSSR count). The van der Waals surface area contributed by atoms with Crippen molar-refractivity contribution in [3.63, 3.8) is 0 Å². The first kappa shape index (κ1) is 14.9. The second-order valence-corrected chi connectivity index (χ2v) is 3.83. The van der Waals surface area contributed by atoms with Crippen LogP contribution in [-0.4, -0.2) is 36.7 Å². The van der Waals surface area contributed by atoms with Crippen LogP contribution in [0.25, 0.3) is 0 Å². The molecule has 2 N–H and O–H groups in total. The fourth-order valence-corrected chi connectivity index (χ4v) is 1.18. The van der Waals surface area contributed by atoms with Gasteiger partial charge < -0.3 is 15.2 Å². The van der Waals surface area contributed by atoms with Gasteiger partial charge in [-0.2, -0.15) is 0 Å². The van der Waals surface area contributed by atoms with Gasteiger partial charge in [0.1, 0.15) is 0 Å². The number of nitrogens with one attached hydrogen (secondary N) is 1. The zero-order chi connectivity index (χ0) is 12.6. The fraction of sp³-hybridized carbons (Fsp3) is 0.818. The number of carbonyl (C=O) groups is 2. The lowest BCUT2D eigenvalue weighted by atomic mass is 10.1. The van der Waals surface area contributed by atoms with Crippen LogP contribution in [0, 0.1) is 5.92 Å². The van der Waals surface area contributed by atoms with Crippen molar-refractivity contribution in [2.75, 3.05) is 13.7 Å². The first-order valence-corrected chi connectivity index (χ1v) is 5.53. The second kappa shape index (κ2) is 8.10. The Labute approximate surface area is 96.2 Å². The third kappa shape index (κ3) is 6.40. The molecule has 0 aromatic heterocycles. The summed E-state index contributed by atoms with van der Waals surface area (Å²) in [6.07, 6.45) is 1.58. The molecule has 0 radical (unpaired) electrons. The summed E-state index contributed by atoms with van der Waals surface area (Å²) >= 11 is 0. The van der Waals surface area contributed by atoms with Gasteiger partial charge >= 0.3 is 5.97 Å². The van der Waals surface area contributed by atoms with E-state index in [-0.39, 0.29) is 18.6 Å². The van der Waals surface area contributed by atoms with Crippen LogP contribution >= 0.6 is 0 Å². The summed E-state index contributed by atoms with van der Waals surface area (Å²) in [5.74, 6) is -1.49. The maximum absolute atomic E-state index is 11.3. The number of amides is 1. The SMILES string of the molecule is CCC(CNC(=O)CCC(C)OC)C(=O)O. The van der Waals surface area contributed by atoms with Gasteiger partial charge in [-0.3, -0.25) is 9.59 Å². The average Bonchev–Trinajstić information content (AvgIpc) is 2.26. The smallest absolute Gasteiger partial charge is 0.308 e. The third-order valence-corrected chi connectivity index (χ3v) is 2.57. The predicted octanol–water partition coefficient (Wildman–Crippen LogP) is 1.03. The lowest BCUT2D eigenvalue weighted by Crippen LogP contribution is -2.32. The Balaban J connectivity index is 3.76. The number of hydrogen-bond acceptors (Lipinski definition) is 3. The second-order valence-electron chi connectivity index (χ2n) is 3.83. The highest BCUT2D eigenvalue weighted by atomic mass is 16.5. The fourth-order valence-electron chi connectivity index (χ4n) is 1.18. The standard InChI is InChI=1S/C11H21NO4/c1-4-9(11(14)15)7-12-10(13)6-5-8(2)16-3/h8-9H,4-7H2,1-3H3,(H,12,13)(H,14,15). The Morgan fingerprint density at radius 2 is 2.06 bits per heavy atom. The predicted molar refractivity (Wildman–Crippen MR) is 60.1 cm³/mol. The molecule has 0 aromatic carbocycles. The van der Waals surface area contributed by atoms with E-state index in [1.165, 1.54) is 0 Å². The molecule has 16 heavy (non-hydrogen) atoms. The molecule has 1 amide bonds. The van der Waals surface area contributed by atoms with Gasteiger partial charge in [0.25, 0.3) is 0 Å². The molecular formula is C11H21NO4. The molecule has 0 aliphatic rings. The van der Waals surface area contributed by atoms with E-state index in [9.17, 15) is 9.59 Å². The normalized spacial score (nSPS) is 14.2. The number of aliphatic carboxylic acids is 1. The summed E-state index contributed by atoms with van der Waals surface area (Å²) in [6, 6.07) is 0. The first-order valence-electron chi connectivity index (χ1n) is 5.53. The van der Waals surface area contributed by atoms with Crippen LogP contribution in [0.5, 0.6) is 0 Å². The number of carboxylic acid groups (broad SMARTS) is 1. The molecular weight excluding hydrogens is 210 g/mol. The van der Waals surface area contributed by atoms with Crippen LogP contribution in [0.1, 0.15) is 33.1 Å². The lowest BCUT2D eigenvalue weighted by molar-refractivity contribution is -0.141. The molecule has 0 bridgehead atoms. The number of hydrogen-bond donors (Lipinski definition) is 2. The molecule has 0 aromatic rings. The molecule has 0 fully saturated rings. The number of ether oxygens (including phenoxy) is 1. The highest BCUT2D eigenvalue weighted by Gasteiger charge is 2.15. The molecule has 2 unspecified atom stereocenters. The molecule has 0 spiro atoms. The van der Waals surface area contributed by atoms with Gasteiger partial charge in [0.05, 0.1) is 12.0 Å². The topological polar surface area (TPSA) is 75.6 Å². The quantitative estimate of drug-likeness (QED) is 0.654. The van der Waals surface area contributed by atoms with E-state index in [0.717, 1.165) is 0 Å². The Morgan fingerprint density at radius 1 is 1.44 bits per heavy atom. The Bertz CT molecular complexity index is 230. The van der Waals surface area contributed by atoms with E-state index in [2.05, 4.69) is 5.32 Å². The minimum absolute atomic E-state index is 0.0483. The van der Waals surface area contributed by atoms with Crippen LogP contribution in [0.3, 0.4) is 0 Å². The van der Waals surface area contributed by atoms with Gasteiger partial charge in [0.15, 0.2) is 0 Å². The van der Waals surface area contributed by atoms with Crippen LogP contribution in [0.2, 0.25) is 0 Å². The molecule has 0 saturated heterocycles. The molecule has 0 aliphatic carbocycles. The zero-order valence-electron chi connectivity index (χ0n) is 10.2.